The SMILES string of the molecule is CC1(C)OB(c2ccc3c(c2)Nc2ccc(N)cc2NC3=O)OC1(C)C. The van der Waals surface area contributed by atoms with Gasteiger partial charge in [0.2, 0.25) is 0 Å². The van der Waals surface area contributed by atoms with Crippen molar-refractivity contribution in [2.24, 2.45) is 0 Å². The fraction of sp³-hybridized carbons (Fsp3) is 0.316. The van der Waals surface area contributed by atoms with E-state index < -0.39 is 18.3 Å². The van der Waals surface area contributed by atoms with Gasteiger partial charge in [0.1, 0.15) is 0 Å². The van der Waals surface area contributed by atoms with E-state index in [1.807, 2.05) is 45.9 Å². The van der Waals surface area contributed by atoms with Gasteiger partial charge >= 0.3 is 7.12 Å². The molecule has 4 rings (SSSR count). The molecule has 0 spiro atoms. The van der Waals surface area contributed by atoms with Crippen LogP contribution < -0.4 is 21.8 Å². The molecule has 1 fully saturated rings. The summed E-state index contributed by atoms with van der Waals surface area (Å²) < 4.78 is 12.2. The molecule has 26 heavy (non-hydrogen) atoms. The Kier molecular flexibility index (Phi) is 3.58. The van der Waals surface area contributed by atoms with Crippen molar-refractivity contribution in [1.29, 1.82) is 0 Å². The Hall–Kier alpha value is -2.51. The molecule has 0 radical (unpaired) electrons. The second kappa shape index (κ2) is 5.49. The van der Waals surface area contributed by atoms with Crippen LogP contribution >= 0.6 is 0 Å². The van der Waals surface area contributed by atoms with Crippen LogP contribution in [0, 0.1) is 0 Å². The van der Waals surface area contributed by atoms with Crippen LogP contribution in [0.1, 0.15) is 38.1 Å². The molecule has 0 atom stereocenters. The zero-order chi connectivity index (χ0) is 18.7. The Labute approximate surface area is 153 Å². The number of hydrogen-bond acceptors (Lipinski definition) is 5. The molecule has 2 aliphatic rings. The van der Waals surface area contributed by atoms with Crippen LogP contribution in [0.3, 0.4) is 0 Å². The molecule has 7 heteroatoms. The number of amides is 1. The van der Waals surface area contributed by atoms with E-state index in [2.05, 4.69) is 10.6 Å². The van der Waals surface area contributed by atoms with Crippen molar-refractivity contribution < 1.29 is 14.1 Å². The van der Waals surface area contributed by atoms with Crippen LogP contribution in [-0.4, -0.2) is 24.2 Å². The van der Waals surface area contributed by atoms with Crippen LogP contribution in [-0.2, 0) is 9.31 Å². The van der Waals surface area contributed by atoms with E-state index in [1.165, 1.54) is 0 Å². The first-order valence-corrected chi connectivity index (χ1v) is 8.64. The van der Waals surface area contributed by atoms with Crippen molar-refractivity contribution in [3.63, 3.8) is 0 Å². The average Bonchev–Trinajstić information content (AvgIpc) is 2.69. The predicted octanol–water partition coefficient (Wildman–Crippen LogP) is 2.88. The number of carbonyl (C=O) groups is 1. The molecule has 0 bridgehead atoms. The van der Waals surface area contributed by atoms with Crippen molar-refractivity contribution in [2.45, 2.75) is 38.9 Å². The van der Waals surface area contributed by atoms with E-state index in [1.54, 1.807) is 18.2 Å². The summed E-state index contributed by atoms with van der Waals surface area (Å²) in [6.07, 6.45) is 0. The number of carbonyl (C=O) groups excluding carboxylic acids is 1. The fourth-order valence-corrected chi connectivity index (χ4v) is 3.10. The molecule has 2 aromatic rings. The molecule has 2 aliphatic heterocycles. The average molecular weight is 351 g/mol. The van der Waals surface area contributed by atoms with E-state index in [0.29, 0.717) is 22.6 Å². The van der Waals surface area contributed by atoms with E-state index in [-0.39, 0.29) is 5.91 Å². The van der Waals surface area contributed by atoms with E-state index >= 15 is 0 Å². The third-order valence-electron chi connectivity index (χ3n) is 5.37. The maximum absolute atomic E-state index is 12.6. The zero-order valence-electron chi connectivity index (χ0n) is 15.3. The maximum Gasteiger partial charge on any atom is 0.494 e. The Morgan fingerprint density at radius 2 is 1.58 bits per heavy atom. The van der Waals surface area contributed by atoms with Gasteiger partial charge in [0, 0.05) is 5.69 Å². The quantitative estimate of drug-likeness (QED) is 0.543. The summed E-state index contributed by atoms with van der Waals surface area (Å²) in [6, 6.07) is 10.9. The molecular formula is C19H22BN3O3. The number of nitrogens with one attached hydrogen (secondary N) is 2. The number of benzene rings is 2. The summed E-state index contributed by atoms with van der Waals surface area (Å²) in [5, 5.41) is 6.21. The Morgan fingerprint density at radius 1 is 0.885 bits per heavy atom. The lowest BCUT2D eigenvalue weighted by Crippen LogP contribution is -2.41. The minimum atomic E-state index is -0.482. The summed E-state index contributed by atoms with van der Waals surface area (Å²) >= 11 is 0. The lowest BCUT2D eigenvalue weighted by atomic mass is 9.78. The number of fused-ring (bicyclic) bond motifs is 2. The maximum atomic E-state index is 12.6. The first-order valence-electron chi connectivity index (χ1n) is 8.64. The standard InChI is InChI=1S/C19H22BN3O3/c1-18(2)19(3,4)26-20(25-18)11-5-7-13-15(9-11)22-14-8-6-12(21)10-16(14)23-17(13)24/h5-10,22H,21H2,1-4H3,(H,23,24). The molecular weight excluding hydrogens is 329 g/mol. The Morgan fingerprint density at radius 3 is 2.27 bits per heavy atom. The number of hydrogen-bond donors (Lipinski definition) is 3. The first-order chi connectivity index (χ1) is 12.2. The summed E-state index contributed by atoms with van der Waals surface area (Å²) in [5.41, 5.74) is 9.16. The summed E-state index contributed by atoms with van der Waals surface area (Å²) in [4.78, 5) is 12.6. The van der Waals surface area contributed by atoms with Gasteiger partial charge in [0.05, 0.1) is 33.8 Å². The molecule has 0 aliphatic carbocycles. The number of nitrogen functional groups attached to an aromatic ring is 1. The van der Waals surface area contributed by atoms with Gasteiger partial charge in [-0.2, -0.15) is 0 Å². The van der Waals surface area contributed by atoms with Gasteiger partial charge in [0.15, 0.2) is 0 Å². The molecule has 134 valence electrons. The monoisotopic (exact) mass is 351 g/mol. The largest absolute Gasteiger partial charge is 0.494 e. The molecule has 0 saturated carbocycles. The van der Waals surface area contributed by atoms with Gasteiger partial charge in [-0.15, -0.1) is 0 Å². The third-order valence-corrected chi connectivity index (χ3v) is 5.37. The van der Waals surface area contributed by atoms with Gasteiger partial charge in [-0.3, -0.25) is 4.79 Å². The first kappa shape index (κ1) is 16.9. The van der Waals surface area contributed by atoms with Crippen LogP contribution in [0.2, 0.25) is 0 Å². The zero-order valence-corrected chi connectivity index (χ0v) is 15.3. The van der Waals surface area contributed by atoms with Crippen molar-refractivity contribution >= 4 is 41.2 Å². The van der Waals surface area contributed by atoms with E-state index in [0.717, 1.165) is 11.2 Å². The van der Waals surface area contributed by atoms with Gasteiger partial charge in [0.25, 0.3) is 5.91 Å². The van der Waals surface area contributed by atoms with Crippen LogP contribution in [0.15, 0.2) is 36.4 Å². The minimum Gasteiger partial charge on any atom is -0.399 e. The molecule has 2 heterocycles. The smallest absolute Gasteiger partial charge is 0.399 e. The van der Waals surface area contributed by atoms with E-state index in [9.17, 15) is 4.79 Å². The molecule has 1 amide bonds. The highest BCUT2D eigenvalue weighted by molar-refractivity contribution is 6.62. The Balaban J connectivity index is 1.72. The third kappa shape index (κ3) is 2.64. The van der Waals surface area contributed by atoms with Gasteiger partial charge in [-0.25, -0.2) is 0 Å². The van der Waals surface area contributed by atoms with Gasteiger partial charge in [-0.1, -0.05) is 6.07 Å². The van der Waals surface area contributed by atoms with Crippen molar-refractivity contribution in [3.8, 4) is 0 Å². The number of nitrogens with two attached hydrogens (primary N) is 1. The van der Waals surface area contributed by atoms with Crippen molar-refractivity contribution in [2.75, 3.05) is 16.4 Å². The van der Waals surface area contributed by atoms with Crippen LogP contribution in [0.4, 0.5) is 22.7 Å². The normalized spacial score (nSPS) is 19.8. The number of anilines is 4. The summed E-state index contributed by atoms with van der Waals surface area (Å²) in [5.74, 6) is -0.183. The van der Waals surface area contributed by atoms with Crippen molar-refractivity contribution in [3.05, 3.63) is 42.0 Å². The highest BCUT2D eigenvalue weighted by Crippen LogP contribution is 2.37. The lowest BCUT2D eigenvalue weighted by molar-refractivity contribution is 0.00578. The van der Waals surface area contributed by atoms with Crippen LogP contribution in [0.5, 0.6) is 0 Å². The minimum absolute atomic E-state index is 0.183. The molecule has 1 saturated heterocycles. The molecule has 0 unspecified atom stereocenters. The van der Waals surface area contributed by atoms with E-state index in [4.69, 9.17) is 15.0 Å². The van der Waals surface area contributed by atoms with Gasteiger partial charge < -0.3 is 25.7 Å². The topological polar surface area (TPSA) is 85.6 Å². The summed E-state index contributed by atoms with van der Waals surface area (Å²) in [7, 11) is -0.482. The Bertz CT molecular complexity index is 895. The second-order valence-electron chi connectivity index (χ2n) is 7.78. The fourth-order valence-electron chi connectivity index (χ4n) is 3.10. The van der Waals surface area contributed by atoms with Gasteiger partial charge in [-0.05, 0) is 63.5 Å². The summed E-state index contributed by atoms with van der Waals surface area (Å²) in [6.45, 7) is 8.07. The van der Waals surface area contributed by atoms with Crippen LogP contribution in [0.25, 0.3) is 0 Å². The molecule has 2 aromatic carbocycles. The highest BCUT2D eigenvalue weighted by atomic mass is 16.7. The second-order valence-corrected chi connectivity index (χ2v) is 7.78. The highest BCUT2D eigenvalue weighted by Gasteiger charge is 2.51. The number of rotatable bonds is 1. The lowest BCUT2D eigenvalue weighted by Gasteiger charge is -2.32. The molecule has 0 aromatic heterocycles. The van der Waals surface area contributed by atoms with Crippen molar-refractivity contribution in [1.82, 2.24) is 0 Å². The molecule has 4 N–H and O–H groups in total. The molecule has 6 nitrogen and oxygen atoms in total. The predicted molar refractivity (Wildman–Crippen MR) is 104 cm³/mol.